The molecule has 350 valence electrons. The van der Waals surface area contributed by atoms with Crippen molar-refractivity contribution in [1.82, 2.24) is 18.7 Å². The first kappa shape index (κ1) is 40.9. The topological polar surface area (TPSA) is 102 Å². The molecule has 16 aromatic rings. The molecule has 0 unspecified atom stereocenters. The molecular weight excluding hydrogens is 933 g/mol. The summed E-state index contributed by atoms with van der Waals surface area (Å²) in [5.74, 6) is 0. The van der Waals surface area contributed by atoms with Crippen LogP contribution in [-0.4, -0.2) is 18.7 Å². The van der Waals surface area contributed by atoms with Gasteiger partial charge in [0, 0.05) is 72.0 Å². The smallest absolute Gasteiger partial charge is 0.160 e. The van der Waals surface area contributed by atoms with Crippen molar-refractivity contribution >= 4 is 109 Å². The van der Waals surface area contributed by atoms with Gasteiger partial charge in [-0.15, -0.1) is 0 Å². The van der Waals surface area contributed by atoms with E-state index in [0.717, 1.165) is 109 Å². The first-order valence-corrected chi connectivity index (χ1v) is 25.4. The average Bonchev–Trinajstić information content (AvgIpc) is 4.49. The lowest BCUT2D eigenvalue weighted by molar-refractivity contribution is 0.671. The molecule has 0 spiro atoms. The van der Waals surface area contributed by atoms with Crippen LogP contribution in [0.2, 0.25) is 0 Å². The van der Waals surface area contributed by atoms with Crippen LogP contribution in [0.5, 0.6) is 0 Å². The van der Waals surface area contributed by atoms with Gasteiger partial charge in [0.15, 0.2) is 11.2 Å². The van der Waals surface area contributed by atoms with Crippen LogP contribution in [0.4, 0.5) is 0 Å². The van der Waals surface area contributed by atoms with E-state index in [1.54, 1.807) is 6.20 Å². The van der Waals surface area contributed by atoms with Crippen LogP contribution in [0.25, 0.3) is 149 Å². The lowest BCUT2D eigenvalue weighted by atomic mass is 9.93. The van der Waals surface area contributed by atoms with Gasteiger partial charge < -0.3 is 22.5 Å². The molecule has 6 aromatic heterocycles. The lowest BCUT2D eigenvalue weighted by Gasteiger charge is -2.26. The quantitative estimate of drug-likeness (QED) is 0.175. The second-order valence-electron chi connectivity index (χ2n) is 19.9. The van der Waals surface area contributed by atoms with Gasteiger partial charge in [-0.05, 0) is 76.9 Å². The summed E-state index contributed by atoms with van der Waals surface area (Å²) in [6.45, 7) is 0. The standard InChI is InChI=1S/C68H36N6O2/c69-36-52-60(54-22-13-14-34-71-54)62(73-56-24-9-4-18-42(56)47-30-32-49-44-20-6-11-26-58(44)75-67(49)65(47)73)53(37-70)64(74-57-25-10-5-19-43(57)48-31-33-50-45-21-7-12-27-59(45)76-68(50)66(48)74)63(52)72-55-23-8-3-17-41(55)46-29-28-40-39-16-2-1-15-38(39)35-51(40)61(46)72/h1-34H,35H2. The van der Waals surface area contributed by atoms with Crippen molar-refractivity contribution in [3.05, 3.63) is 229 Å². The SMILES string of the molecule is N#Cc1c(-c2ccccn2)c(-n2c3ccccc3c3ccc4c5ccccc5oc4c32)c(C#N)c(-n2c3ccccc3c3ccc4c5ccccc5oc4c32)c1-n1c2ccccc2c2ccc3c(c21)Cc1ccccc1-3. The molecule has 0 bridgehead atoms. The van der Waals surface area contributed by atoms with E-state index in [1.807, 2.05) is 72.8 Å². The van der Waals surface area contributed by atoms with Gasteiger partial charge in [-0.1, -0.05) is 146 Å². The van der Waals surface area contributed by atoms with Gasteiger partial charge >= 0.3 is 0 Å². The third kappa shape index (κ3) is 5.16. The molecule has 1 aliphatic carbocycles. The van der Waals surface area contributed by atoms with E-state index in [2.05, 4.69) is 153 Å². The van der Waals surface area contributed by atoms with Crippen molar-refractivity contribution in [2.24, 2.45) is 0 Å². The van der Waals surface area contributed by atoms with Gasteiger partial charge in [0.2, 0.25) is 0 Å². The molecule has 0 N–H and O–H groups in total. The van der Waals surface area contributed by atoms with Crippen LogP contribution in [0.3, 0.4) is 0 Å². The highest BCUT2D eigenvalue weighted by Gasteiger charge is 2.36. The van der Waals surface area contributed by atoms with E-state index in [9.17, 15) is 10.5 Å². The fourth-order valence-corrected chi connectivity index (χ4v) is 13.2. The van der Waals surface area contributed by atoms with E-state index in [-0.39, 0.29) is 0 Å². The zero-order chi connectivity index (χ0) is 49.9. The molecule has 1 aliphatic rings. The second-order valence-corrected chi connectivity index (χ2v) is 19.9. The second kappa shape index (κ2) is 15.0. The molecule has 0 saturated heterocycles. The van der Waals surface area contributed by atoms with E-state index >= 15 is 0 Å². The molecule has 0 amide bonds. The van der Waals surface area contributed by atoms with E-state index < -0.39 is 0 Å². The van der Waals surface area contributed by atoms with Gasteiger partial charge in [-0.25, -0.2) is 0 Å². The molecular formula is C68H36N6O2. The third-order valence-corrected chi connectivity index (χ3v) is 16.2. The Balaban J connectivity index is 1.18. The molecule has 76 heavy (non-hydrogen) atoms. The van der Waals surface area contributed by atoms with Crippen LogP contribution in [-0.2, 0) is 6.42 Å². The van der Waals surface area contributed by atoms with E-state index in [4.69, 9.17) is 13.8 Å². The fourth-order valence-electron chi connectivity index (χ4n) is 13.2. The monoisotopic (exact) mass is 968 g/mol. The van der Waals surface area contributed by atoms with Crippen molar-refractivity contribution in [2.75, 3.05) is 0 Å². The molecule has 8 nitrogen and oxygen atoms in total. The molecule has 0 fully saturated rings. The average molecular weight is 969 g/mol. The molecule has 0 radical (unpaired) electrons. The highest BCUT2D eigenvalue weighted by atomic mass is 16.3. The Kier molecular flexibility index (Phi) is 8.05. The number of rotatable bonds is 4. The van der Waals surface area contributed by atoms with Crippen molar-refractivity contribution in [3.8, 4) is 51.6 Å². The Morgan fingerprint density at radius 2 is 0.842 bits per heavy atom. The van der Waals surface area contributed by atoms with Gasteiger partial charge in [0.25, 0.3) is 0 Å². The van der Waals surface area contributed by atoms with Crippen LogP contribution in [0, 0.1) is 22.7 Å². The maximum atomic E-state index is 12.8. The Labute approximate surface area is 431 Å². The third-order valence-electron chi connectivity index (χ3n) is 16.2. The molecule has 10 aromatic carbocycles. The Morgan fingerprint density at radius 3 is 1.42 bits per heavy atom. The fraction of sp³-hybridized carbons (Fsp3) is 0.0147. The van der Waals surface area contributed by atoms with Gasteiger partial charge in [-0.3, -0.25) is 4.98 Å². The number of hydrogen-bond acceptors (Lipinski definition) is 5. The summed E-state index contributed by atoms with van der Waals surface area (Å²) in [7, 11) is 0. The van der Waals surface area contributed by atoms with E-state index in [0.29, 0.717) is 57.0 Å². The summed E-state index contributed by atoms with van der Waals surface area (Å²) in [6.07, 6.45) is 2.45. The molecule has 17 rings (SSSR count). The minimum atomic E-state index is 0.336. The maximum Gasteiger partial charge on any atom is 0.160 e. The lowest BCUT2D eigenvalue weighted by Crippen LogP contribution is -2.15. The van der Waals surface area contributed by atoms with Crippen molar-refractivity contribution in [1.29, 1.82) is 10.5 Å². The molecule has 6 heterocycles. The Morgan fingerprint density at radius 1 is 0.382 bits per heavy atom. The summed E-state index contributed by atoms with van der Waals surface area (Å²) in [5, 5.41) is 35.1. The first-order valence-electron chi connectivity index (χ1n) is 25.4. The minimum Gasteiger partial charge on any atom is -0.454 e. The number of nitrogens with zero attached hydrogens (tertiary/aromatic N) is 6. The first-order chi connectivity index (χ1) is 37.7. The van der Waals surface area contributed by atoms with Gasteiger partial charge in [-0.2, -0.15) is 10.5 Å². The molecule has 0 aliphatic heterocycles. The maximum absolute atomic E-state index is 12.8. The predicted molar refractivity (Wildman–Crippen MR) is 305 cm³/mol. The van der Waals surface area contributed by atoms with Crippen LogP contribution in [0.15, 0.2) is 215 Å². The highest BCUT2D eigenvalue weighted by Crippen LogP contribution is 2.52. The number of aromatic nitrogens is 4. The van der Waals surface area contributed by atoms with Crippen molar-refractivity contribution < 1.29 is 8.83 Å². The minimum absolute atomic E-state index is 0.336. The zero-order valence-electron chi connectivity index (χ0n) is 40.3. The summed E-state index contributed by atoms with van der Waals surface area (Å²) < 4.78 is 20.7. The number of benzene rings is 10. The number of para-hydroxylation sites is 5. The number of pyridine rings is 1. The number of fused-ring (bicyclic) bond motifs is 21. The number of nitriles is 2. The normalized spacial score (nSPS) is 12.4. The van der Waals surface area contributed by atoms with Crippen molar-refractivity contribution in [3.63, 3.8) is 0 Å². The molecule has 8 heteroatoms. The highest BCUT2D eigenvalue weighted by molar-refractivity contribution is 6.24. The zero-order valence-corrected chi connectivity index (χ0v) is 40.3. The number of furan rings is 2. The van der Waals surface area contributed by atoms with Crippen LogP contribution < -0.4 is 0 Å². The largest absolute Gasteiger partial charge is 0.454 e. The number of hydrogen-bond donors (Lipinski definition) is 0. The van der Waals surface area contributed by atoms with Crippen LogP contribution >= 0.6 is 0 Å². The van der Waals surface area contributed by atoms with Gasteiger partial charge in [0.05, 0.1) is 61.4 Å². The summed E-state index contributed by atoms with van der Waals surface area (Å²) in [4.78, 5) is 5.12. The van der Waals surface area contributed by atoms with Crippen LogP contribution in [0.1, 0.15) is 22.3 Å². The predicted octanol–water partition coefficient (Wildman–Crippen LogP) is 17.2. The summed E-state index contributed by atoms with van der Waals surface area (Å²) in [6, 6.07) is 74.7. The van der Waals surface area contributed by atoms with Gasteiger partial charge in [0.1, 0.15) is 28.9 Å². The summed E-state index contributed by atoms with van der Waals surface area (Å²) >= 11 is 0. The van der Waals surface area contributed by atoms with E-state index in [1.165, 1.54) is 11.1 Å². The Bertz CT molecular complexity index is 5360. The molecule has 0 atom stereocenters. The van der Waals surface area contributed by atoms with Crippen molar-refractivity contribution in [2.45, 2.75) is 6.42 Å². The molecule has 0 saturated carbocycles. The summed E-state index contributed by atoms with van der Waals surface area (Å²) in [5.41, 5.74) is 16.1. The Hall–Kier alpha value is -10.7.